The van der Waals surface area contributed by atoms with Gasteiger partial charge in [0, 0.05) is 13.1 Å². The van der Waals surface area contributed by atoms with Crippen molar-refractivity contribution < 1.29 is 9.53 Å². The molecule has 0 unspecified atom stereocenters. The lowest BCUT2D eigenvalue weighted by molar-refractivity contribution is 0.0596. The Hall–Kier alpha value is -1.56. The van der Waals surface area contributed by atoms with Gasteiger partial charge in [0.05, 0.1) is 13.4 Å². The van der Waals surface area contributed by atoms with E-state index in [0.29, 0.717) is 5.82 Å². The number of likely N-dealkylation sites (tertiary alicyclic amines) is 1. The maximum absolute atomic E-state index is 11.4. The third-order valence-corrected chi connectivity index (χ3v) is 3.36. The van der Waals surface area contributed by atoms with E-state index in [-0.39, 0.29) is 5.69 Å². The molecular formula is C12H20N4O2. The highest BCUT2D eigenvalue weighted by Crippen LogP contribution is 2.13. The summed E-state index contributed by atoms with van der Waals surface area (Å²) in [5.74, 6) is -0.0944. The minimum atomic E-state index is -0.482. The number of carbonyl (C=O) groups excluding carboxylic acids is 1. The van der Waals surface area contributed by atoms with Gasteiger partial charge in [-0.1, -0.05) is 6.42 Å². The van der Waals surface area contributed by atoms with Crippen molar-refractivity contribution in [1.82, 2.24) is 14.5 Å². The number of carbonyl (C=O) groups is 1. The number of aromatic nitrogens is 2. The van der Waals surface area contributed by atoms with Crippen LogP contribution in [0.25, 0.3) is 0 Å². The molecular weight excluding hydrogens is 232 g/mol. The number of nitrogens with zero attached hydrogens (tertiary/aromatic N) is 3. The number of esters is 1. The maximum atomic E-state index is 11.4. The highest BCUT2D eigenvalue weighted by Gasteiger charge is 2.16. The second-order valence-corrected chi connectivity index (χ2v) is 4.57. The van der Waals surface area contributed by atoms with Crippen LogP contribution in [0.2, 0.25) is 0 Å². The second-order valence-electron chi connectivity index (χ2n) is 4.57. The van der Waals surface area contributed by atoms with Gasteiger partial charge < -0.3 is 19.9 Å². The number of nitrogen functional groups attached to an aromatic ring is 1. The van der Waals surface area contributed by atoms with Crippen molar-refractivity contribution in [2.24, 2.45) is 0 Å². The number of ether oxygens (including phenoxy) is 1. The summed E-state index contributed by atoms with van der Waals surface area (Å²) in [6.07, 6.45) is 5.47. The van der Waals surface area contributed by atoms with E-state index < -0.39 is 5.97 Å². The van der Waals surface area contributed by atoms with E-state index in [2.05, 4.69) is 14.6 Å². The van der Waals surface area contributed by atoms with Crippen LogP contribution in [0.4, 0.5) is 5.82 Å². The Kier molecular flexibility index (Phi) is 4.19. The molecule has 0 atom stereocenters. The zero-order chi connectivity index (χ0) is 13.0. The standard InChI is InChI=1S/C12H20N4O2/c1-18-12(17)10-11(13)16(9-14-10)8-7-15-5-3-2-4-6-15/h9H,2-8,13H2,1H3. The van der Waals surface area contributed by atoms with Crippen LogP contribution in [-0.2, 0) is 11.3 Å². The molecule has 0 aromatic carbocycles. The zero-order valence-corrected chi connectivity index (χ0v) is 10.8. The molecule has 0 amide bonds. The van der Waals surface area contributed by atoms with Gasteiger partial charge >= 0.3 is 5.97 Å². The van der Waals surface area contributed by atoms with E-state index in [1.54, 1.807) is 10.9 Å². The summed E-state index contributed by atoms with van der Waals surface area (Å²) in [5, 5.41) is 0. The number of imidazole rings is 1. The van der Waals surface area contributed by atoms with E-state index in [0.717, 1.165) is 26.2 Å². The predicted octanol–water partition coefficient (Wildman–Crippen LogP) is 0.738. The van der Waals surface area contributed by atoms with Crippen molar-refractivity contribution >= 4 is 11.8 Å². The van der Waals surface area contributed by atoms with Gasteiger partial charge in [0.2, 0.25) is 0 Å². The molecule has 100 valence electrons. The Bertz CT molecular complexity index is 410. The van der Waals surface area contributed by atoms with Gasteiger partial charge in [-0.15, -0.1) is 0 Å². The number of anilines is 1. The summed E-state index contributed by atoms with van der Waals surface area (Å²) < 4.78 is 6.43. The van der Waals surface area contributed by atoms with Gasteiger partial charge in [0.25, 0.3) is 0 Å². The van der Waals surface area contributed by atoms with E-state index in [9.17, 15) is 4.79 Å². The number of methoxy groups -OCH3 is 1. The van der Waals surface area contributed by atoms with Crippen molar-refractivity contribution in [3.8, 4) is 0 Å². The summed E-state index contributed by atoms with van der Waals surface area (Å²) >= 11 is 0. The van der Waals surface area contributed by atoms with Crippen LogP contribution in [0.1, 0.15) is 29.8 Å². The lowest BCUT2D eigenvalue weighted by Crippen LogP contribution is -2.32. The molecule has 1 saturated heterocycles. The Labute approximate surface area is 107 Å². The molecule has 1 fully saturated rings. The Morgan fingerprint density at radius 3 is 2.78 bits per heavy atom. The van der Waals surface area contributed by atoms with Crippen molar-refractivity contribution in [2.75, 3.05) is 32.5 Å². The fourth-order valence-electron chi connectivity index (χ4n) is 2.26. The molecule has 1 aromatic heterocycles. The second kappa shape index (κ2) is 5.86. The van der Waals surface area contributed by atoms with Crippen LogP contribution in [0.15, 0.2) is 6.33 Å². The smallest absolute Gasteiger partial charge is 0.360 e. The van der Waals surface area contributed by atoms with E-state index in [4.69, 9.17) is 5.73 Å². The first kappa shape index (κ1) is 12.9. The fourth-order valence-corrected chi connectivity index (χ4v) is 2.26. The molecule has 6 nitrogen and oxygen atoms in total. The molecule has 0 spiro atoms. The fraction of sp³-hybridized carbons (Fsp3) is 0.667. The largest absolute Gasteiger partial charge is 0.464 e. The first-order valence-corrected chi connectivity index (χ1v) is 6.33. The third-order valence-electron chi connectivity index (χ3n) is 3.36. The van der Waals surface area contributed by atoms with Gasteiger partial charge in [0.1, 0.15) is 5.82 Å². The summed E-state index contributed by atoms with van der Waals surface area (Å²) in [7, 11) is 1.33. The van der Waals surface area contributed by atoms with Crippen molar-refractivity contribution in [2.45, 2.75) is 25.8 Å². The number of piperidine rings is 1. The molecule has 1 aliphatic heterocycles. The lowest BCUT2D eigenvalue weighted by atomic mass is 10.1. The molecule has 18 heavy (non-hydrogen) atoms. The van der Waals surface area contributed by atoms with Crippen LogP contribution in [0, 0.1) is 0 Å². The number of rotatable bonds is 4. The Morgan fingerprint density at radius 2 is 2.11 bits per heavy atom. The number of nitrogens with two attached hydrogens (primary N) is 1. The molecule has 0 saturated carbocycles. The van der Waals surface area contributed by atoms with Crippen molar-refractivity contribution in [3.05, 3.63) is 12.0 Å². The van der Waals surface area contributed by atoms with Crippen LogP contribution in [0.3, 0.4) is 0 Å². The topological polar surface area (TPSA) is 73.4 Å². The van der Waals surface area contributed by atoms with E-state index >= 15 is 0 Å². The Morgan fingerprint density at radius 1 is 1.39 bits per heavy atom. The maximum Gasteiger partial charge on any atom is 0.360 e. The van der Waals surface area contributed by atoms with Crippen LogP contribution >= 0.6 is 0 Å². The lowest BCUT2D eigenvalue weighted by Gasteiger charge is -2.26. The molecule has 2 heterocycles. The average Bonchev–Trinajstić information content (AvgIpc) is 2.78. The highest BCUT2D eigenvalue weighted by atomic mass is 16.5. The van der Waals surface area contributed by atoms with E-state index in [1.807, 2.05) is 0 Å². The summed E-state index contributed by atoms with van der Waals surface area (Å²) in [4.78, 5) is 17.8. The molecule has 2 rings (SSSR count). The summed E-state index contributed by atoms with van der Waals surface area (Å²) in [6.45, 7) is 4.01. The van der Waals surface area contributed by atoms with Crippen LogP contribution in [0.5, 0.6) is 0 Å². The normalized spacial score (nSPS) is 16.7. The zero-order valence-electron chi connectivity index (χ0n) is 10.8. The van der Waals surface area contributed by atoms with Gasteiger partial charge in [0.15, 0.2) is 5.69 Å². The average molecular weight is 252 g/mol. The molecule has 2 N–H and O–H groups in total. The van der Waals surface area contributed by atoms with Crippen molar-refractivity contribution in [3.63, 3.8) is 0 Å². The Balaban J connectivity index is 1.93. The summed E-state index contributed by atoms with van der Waals surface area (Å²) in [6, 6.07) is 0. The quantitative estimate of drug-likeness (QED) is 0.800. The van der Waals surface area contributed by atoms with Crippen LogP contribution in [-0.4, -0.2) is 47.2 Å². The monoisotopic (exact) mass is 252 g/mol. The third kappa shape index (κ3) is 2.81. The van der Waals surface area contributed by atoms with Gasteiger partial charge in [-0.3, -0.25) is 0 Å². The predicted molar refractivity (Wildman–Crippen MR) is 68.3 cm³/mol. The number of hydrogen-bond donors (Lipinski definition) is 1. The SMILES string of the molecule is COC(=O)c1ncn(CCN2CCCCC2)c1N. The van der Waals surface area contributed by atoms with Gasteiger partial charge in [-0.25, -0.2) is 9.78 Å². The minimum absolute atomic E-state index is 0.205. The molecule has 6 heteroatoms. The van der Waals surface area contributed by atoms with Gasteiger partial charge in [-0.2, -0.15) is 0 Å². The van der Waals surface area contributed by atoms with Gasteiger partial charge in [-0.05, 0) is 25.9 Å². The molecule has 0 radical (unpaired) electrons. The first-order chi connectivity index (χ1) is 8.72. The highest BCUT2D eigenvalue weighted by molar-refractivity contribution is 5.91. The summed E-state index contributed by atoms with van der Waals surface area (Å²) in [5.41, 5.74) is 6.08. The van der Waals surface area contributed by atoms with Crippen LogP contribution < -0.4 is 5.73 Å². The molecule has 1 aliphatic rings. The number of hydrogen-bond acceptors (Lipinski definition) is 5. The van der Waals surface area contributed by atoms with E-state index in [1.165, 1.54) is 26.4 Å². The molecule has 0 bridgehead atoms. The first-order valence-electron chi connectivity index (χ1n) is 6.33. The molecule has 0 aliphatic carbocycles. The molecule has 1 aromatic rings. The van der Waals surface area contributed by atoms with Crippen molar-refractivity contribution in [1.29, 1.82) is 0 Å². The minimum Gasteiger partial charge on any atom is -0.464 e.